The molecule has 0 radical (unpaired) electrons. The van der Waals surface area contributed by atoms with Crippen molar-refractivity contribution in [1.29, 1.82) is 0 Å². The lowest BCUT2D eigenvalue weighted by Gasteiger charge is -2.06. The highest BCUT2D eigenvalue weighted by Crippen LogP contribution is 2.34. The number of aliphatic hydroxyl groups is 2. The van der Waals surface area contributed by atoms with Gasteiger partial charge in [-0.15, -0.1) is 0 Å². The average molecular weight is 202 g/mol. The first-order chi connectivity index (χ1) is 7.20. The minimum absolute atomic E-state index is 0.381. The lowest BCUT2D eigenvalue weighted by molar-refractivity contribution is 0.183. The Morgan fingerprint density at radius 2 is 1.93 bits per heavy atom. The van der Waals surface area contributed by atoms with Crippen LogP contribution in [0.1, 0.15) is 30.9 Å². The van der Waals surface area contributed by atoms with Crippen molar-refractivity contribution in [2.24, 2.45) is 0 Å². The van der Waals surface area contributed by atoms with Crippen LogP contribution in [0.2, 0.25) is 0 Å². The molecule has 0 aliphatic heterocycles. The van der Waals surface area contributed by atoms with Gasteiger partial charge in [-0.05, 0) is 18.4 Å². The van der Waals surface area contributed by atoms with Crippen molar-refractivity contribution in [2.75, 3.05) is 0 Å². The van der Waals surface area contributed by atoms with E-state index in [1.807, 2.05) is 30.3 Å². The first kappa shape index (κ1) is 10.2. The van der Waals surface area contributed by atoms with Crippen molar-refractivity contribution in [3.8, 4) is 11.8 Å². The van der Waals surface area contributed by atoms with Gasteiger partial charge in [0, 0.05) is 6.42 Å². The van der Waals surface area contributed by atoms with Gasteiger partial charge in [-0.1, -0.05) is 42.2 Å². The average Bonchev–Trinajstić information content (AvgIpc) is 2.98. The first-order valence-corrected chi connectivity index (χ1v) is 5.15. The van der Waals surface area contributed by atoms with E-state index in [1.54, 1.807) is 0 Å². The quantitative estimate of drug-likeness (QED) is 0.716. The Balaban J connectivity index is 1.92. The normalized spacial score (nSPS) is 18.8. The lowest BCUT2D eigenvalue weighted by atomic mass is 10.1. The second-order valence-corrected chi connectivity index (χ2v) is 3.96. The second kappa shape index (κ2) is 4.06. The molecule has 0 bridgehead atoms. The van der Waals surface area contributed by atoms with Gasteiger partial charge in [0.15, 0.2) is 0 Å². The number of aliphatic hydroxyl groups excluding tert-OH is 1. The molecule has 78 valence electrons. The fourth-order valence-corrected chi connectivity index (χ4v) is 1.35. The summed E-state index contributed by atoms with van der Waals surface area (Å²) in [4.78, 5) is 0. The number of rotatable bonds is 2. The molecule has 1 unspecified atom stereocenters. The van der Waals surface area contributed by atoms with Gasteiger partial charge in [-0.25, -0.2) is 0 Å². The Bertz CT molecular complexity index is 382. The topological polar surface area (TPSA) is 40.5 Å². The zero-order chi connectivity index (χ0) is 10.7. The molecule has 0 amide bonds. The van der Waals surface area contributed by atoms with Crippen LogP contribution < -0.4 is 0 Å². The minimum atomic E-state index is -0.740. The molecule has 0 spiro atoms. The third-order valence-electron chi connectivity index (χ3n) is 2.52. The van der Waals surface area contributed by atoms with E-state index >= 15 is 0 Å². The Morgan fingerprint density at radius 1 is 1.27 bits per heavy atom. The molecule has 0 heterocycles. The van der Waals surface area contributed by atoms with Gasteiger partial charge in [0.25, 0.3) is 0 Å². The van der Waals surface area contributed by atoms with Crippen LogP contribution in [0.5, 0.6) is 0 Å². The molecular weight excluding hydrogens is 188 g/mol. The second-order valence-electron chi connectivity index (χ2n) is 3.96. The van der Waals surface area contributed by atoms with E-state index in [4.69, 9.17) is 0 Å². The molecule has 0 saturated heterocycles. The van der Waals surface area contributed by atoms with Gasteiger partial charge in [0.05, 0.1) is 6.10 Å². The molecule has 2 nitrogen and oxygen atoms in total. The predicted octanol–water partition coefficient (Wildman–Crippen LogP) is 1.64. The molecule has 1 aromatic rings. The molecule has 1 saturated carbocycles. The van der Waals surface area contributed by atoms with Crippen LogP contribution in [0.3, 0.4) is 0 Å². The molecule has 1 aromatic carbocycles. The maximum Gasteiger partial charge on any atom is 0.125 e. The first-order valence-electron chi connectivity index (χ1n) is 5.15. The zero-order valence-electron chi connectivity index (χ0n) is 8.48. The summed E-state index contributed by atoms with van der Waals surface area (Å²) in [6.45, 7) is 0. The minimum Gasteiger partial charge on any atom is -0.387 e. The third-order valence-corrected chi connectivity index (χ3v) is 2.52. The van der Waals surface area contributed by atoms with Gasteiger partial charge in [0.1, 0.15) is 5.60 Å². The highest BCUT2D eigenvalue weighted by molar-refractivity contribution is 5.24. The Hall–Kier alpha value is -1.30. The molecule has 1 atom stereocenters. The summed E-state index contributed by atoms with van der Waals surface area (Å²) in [5.74, 6) is 5.62. The molecule has 0 aromatic heterocycles. The highest BCUT2D eigenvalue weighted by Gasteiger charge is 2.38. The van der Waals surface area contributed by atoms with Crippen LogP contribution in [0, 0.1) is 11.8 Å². The molecular formula is C13H14O2. The standard InChI is InChI=1S/C13H14O2/c14-12(11-5-2-1-3-6-11)7-4-8-13(15)9-10-13/h1-3,5-6,12,14-15H,7,9-10H2. The molecule has 1 aliphatic rings. The van der Waals surface area contributed by atoms with E-state index in [1.165, 1.54) is 0 Å². The molecule has 1 aliphatic carbocycles. The zero-order valence-corrected chi connectivity index (χ0v) is 8.48. The summed E-state index contributed by atoms with van der Waals surface area (Å²) < 4.78 is 0. The van der Waals surface area contributed by atoms with E-state index in [-0.39, 0.29) is 0 Å². The Labute approximate surface area is 89.6 Å². The molecule has 1 fully saturated rings. The monoisotopic (exact) mass is 202 g/mol. The Kier molecular flexibility index (Phi) is 2.77. The lowest BCUT2D eigenvalue weighted by Crippen LogP contribution is -2.01. The summed E-state index contributed by atoms with van der Waals surface area (Å²) in [6, 6.07) is 9.44. The van der Waals surface area contributed by atoms with Gasteiger partial charge in [-0.2, -0.15) is 0 Å². The molecule has 2 N–H and O–H groups in total. The summed E-state index contributed by atoms with van der Waals surface area (Å²) in [6.07, 6.45) is 1.36. The van der Waals surface area contributed by atoms with Crippen LogP contribution in [0.15, 0.2) is 30.3 Å². The third kappa shape index (κ3) is 2.82. The van der Waals surface area contributed by atoms with Crippen molar-refractivity contribution in [3.05, 3.63) is 35.9 Å². The number of benzene rings is 1. The van der Waals surface area contributed by atoms with Gasteiger partial charge >= 0.3 is 0 Å². The smallest absolute Gasteiger partial charge is 0.125 e. The molecule has 2 rings (SSSR count). The van der Waals surface area contributed by atoms with Crippen molar-refractivity contribution < 1.29 is 10.2 Å². The van der Waals surface area contributed by atoms with Crippen LogP contribution in [0.4, 0.5) is 0 Å². The SMILES string of the molecule is OC(CC#CC1(O)CC1)c1ccccc1. The fourth-order valence-electron chi connectivity index (χ4n) is 1.35. The maximum absolute atomic E-state index is 9.75. The van der Waals surface area contributed by atoms with Crippen LogP contribution in [-0.4, -0.2) is 15.8 Å². The van der Waals surface area contributed by atoms with Crippen molar-refractivity contribution in [3.63, 3.8) is 0 Å². The van der Waals surface area contributed by atoms with Crippen molar-refractivity contribution >= 4 is 0 Å². The number of hydrogen-bond acceptors (Lipinski definition) is 2. The summed E-state index contributed by atoms with van der Waals surface area (Å²) in [5, 5.41) is 19.2. The van der Waals surface area contributed by atoms with Crippen molar-refractivity contribution in [2.45, 2.75) is 31.0 Å². The van der Waals surface area contributed by atoms with Gasteiger partial charge in [-0.3, -0.25) is 0 Å². The predicted molar refractivity (Wildman–Crippen MR) is 58.0 cm³/mol. The fraction of sp³-hybridized carbons (Fsp3) is 0.385. The summed E-state index contributed by atoms with van der Waals surface area (Å²) >= 11 is 0. The van der Waals surface area contributed by atoms with E-state index in [9.17, 15) is 10.2 Å². The maximum atomic E-state index is 9.75. The van der Waals surface area contributed by atoms with Crippen LogP contribution >= 0.6 is 0 Å². The van der Waals surface area contributed by atoms with Gasteiger partial charge in [0.2, 0.25) is 0 Å². The Morgan fingerprint density at radius 3 is 2.53 bits per heavy atom. The van der Waals surface area contributed by atoms with Crippen molar-refractivity contribution in [1.82, 2.24) is 0 Å². The van der Waals surface area contributed by atoms with E-state index in [0.717, 1.165) is 18.4 Å². The number of hydrogen-bond donors (Lipinski definition) is 2. The molecule has 2 heteroatoms. The van der Waals surface area contributed by atoms with Crippen LogP contribution in [0.25, 0.3) is 0 Å². The van der Waals surface area contributed by atoms with E-state index in [2.05, 4.69) is 11.8 Å². The summed E-state index contributed by atoms with van der Waals surface area (Å²) in [5.41, 5.74) is 0.130. The van der Waals surface area contributed by atoms with Gasteiger partial charge < -0.3 is 10.2 Å². The summed E-state index contributed by atoms with van der Waals surface area (Å²) in [7, 11) is 0. The van der Waals surface area contributed by atoms with E-state index in [0.29, 0.717) is 6.42 Å². The molecule has 15 heavy (non-hydrogen) atoms. The largest absolute Gasteiger partial charge is 0.387 e. The van der Waals surface area contributed by atoms with E-state index < -0.39 is 11.7 Å². The highest BCUT2D eigenvalue weighted by atomic mass is 16.3. The van der Waals surface area contributed by atoms with Crippen LogP contribution in [-0.2, 0) is 0 Å².